The first-order valence-electron chi connectivity index (χ1n) is 11.4. The Balaban J connectivity index is 2.05. The predicted octanol–water partition coefficient (Wildman–Crippen LogP) is 5.01. The van der Waals surface area contributed by atoms with E-state index in [0.717, 1.165) is 11.1 Å². The van der Waals surface area contributed by atoms with Crippen molar-refractivity contribution in [2.75, 3.05) is 26.9 Å². The van der Waals surface area contributed by atoms with Gasteiger partial charge in [-0.25, -0.2) is 0 Å². The van der Waals surface area contributed by atoms with Gasteiger partial charge in [0.25, 0.3) is 11.7 Å². The summed E-state index contributed by atoms with van der Waals surface area (Å²) in [5, 5.41) is 11.2. The third kappa shape index (κ3) is 5.39. The lowest BCUT2D eigenvalue weighted by Gasteiger charge is -2.26. The molecule has 1 aliphatic rings. The van der Waals surface area contributed by atoms with Crippen molar-refractivity contribution in [3.05, 3.63) is 83.4 Å². The van der Waals surface area contributed by atoms with Gasteiger partial charge in [0.1, 0.15) is 18.1 Å². The quantitative estimate of drug-likeness (QED) is 0.186. The molecule has 1 aliphatic heterocycles. The van der Waals surface area contributed by atoms with Gasteiger partial charge < -0.3 is 19.5 Å². The second-order valence-corrected chi connectivity index (χ2v) is 9.33. The van der Waals surface area contributed by atoms with Crippen LogP contribution in [0.4, 0.5) is 0 Å². The molecule has 1 heterocycles. The summed E-state index contributed by atoms with van der Waals surface area (Å²) in [5.41, 5.74) is 2.41. The van der Waals surface area contributed by atoms with Gasteiger partial charge in [-0.3, -0.25) is 9.59 Å². The molecule has 1 fully saturated rings. The number of aliphatic hydroxyl groups excluding tert-OH is 1. The van der Waals surface area contributed by atoms with Gasteiger partial charge in [-0.15, -0.1) is 0 Å². The molecular weight excluding hydrogens is 430 g/mol. The Morgan fingerprint density at radius 2 is 1.74 bits per heavy atom. The largest absolute Gasteiger partial charge is 0.507 e. The first-order chi connectivity index (χ1) is 16.2. The molecule has 34 heavy (non-hydrogen) atoms. The predicted molar refractivity (Wildman–Crippen MR) is 133 cm³/mol. The van der Waals surface area contributed by atoms with Gasteiger partial charge in [0, 0.05) is 25.8 Å². The van der Waals surface area contributed by atoms with Gasteiger partial charge >= 0.3 is 0 Å². The fraction of sp³-hybridized carbons (Fsp3) is 0.357. The van der Waals surface area contributed by atoms with Crippen LogP contribution < -0.4 is 4.74 Å². The van der Waals surface area contributed by atoms with E-state index in [1.807, 2.05) is 24.3 Å². The van der Waals surface area contributed by atoms with Crippen LogP contribution in [0.15, 0.2) is 66.8 Å². The summed E-state index contributed by atoms with van der Waals surface area (Å²) in [5.74, 6) is -0.890. The average molecular weight is 464 g/mol. The van der Waals surface area contributed by atoms with Crippen molar-refractivity contribution < 1.29 is 24.2 Å². The van der Waals surface area contributed by atoms with E-state index in [0.29, 0.717) is 37.5 Å². The molecule has 1 unspecified atom stereocenters. The van der Waals surface area contributed by atoms with Crippen LogP contribution in [-0.2, 0) is 19.7 Å². The van der Waals surface area contributed by atoms with Crippen LogP contribution in [0.5, 0.6) is 5.75 Å². The molecule has 3 rings (SSSR count). The second-order valence-electron chi connectivity index (χ2n) is 9.33. The van der Waals surface area contributed by atoms with E-state index in [4.69, 9.17) is 9.47 Å². The van der Waals surface area contributed by atoms with Crippen LogP contribution >= 0.6 is 0 Å². The maximum Gasteiger partial charge on any atom is 0.295 e. The average Bonchev–Trinajstić information content (AvgIpc) is 3.07. The van der Waals surface area contributed by atoms with Crippen LogP contribution in [0.25, 0.3) is 5.76 Å². The van der Waals surface area contributed by atoms with Gasteiger partial charge in [-0.05, 0) is 47.2 Å². The van der Waals surface area contributed by atoms with Crippen LogP contribution in [0, 0.1) is 0 Å². The first-order valence-corrected chi connectivity index (χ1v) is 11.4. The number of aliphatic hydroxyl groups is 1. The topological polar surface area (TPSA) is 76.1 Å². The zero-order valence-corrected chi connectivity index (χ0v) is 20.3. The number of ketones is 1. The maximum atomic E-state index is 13.1. The summed E-state index contributed by atoms with van der Waals surface area (Å²) in [6.07, 6.45) is 2.22. The highest BCUT2D eigenvalue weighted by atomic mass is 16.5. The Kier molecular flexibility index (Phi) is 7.94. The summed E-state index contributed by atoms with van der Waals surface area (Å²) in [6.45, 7) is 11.2. The number of rotatable bonds is 9. The molecule has 0 bridgehead atoms. The molecule has 0 aromatic heterocycles. The number of benzene rings is 2. The number of carbonyl (C=O) groups is 2. The highest BCUT2D eigenvalue weighted by molar-refractivity contribution is 6.46. The monoisotopic (exact) mass is 463 g/mol. The van der Waals surface area contributed by atoms with E-state index in [2.05, 4.69) is 27.4 Å². The van der Waals surface area contributed by atoms with Gasteiger partial charge in [0.05, 0.1) is 11.6 Å². The maximum absolute atomic E-state index is 13.1. The minimum absolute atomic E-state index is 0.0335. The van der Waals surface area contributed by atoms with Crippen molar-refractivity contribution in [2.24, 2.45) is 0 Å². The molecule has 1 N–H and O–H groups in total. The molecule has 2 aromatic carbocycles. The summed E-state index contributed by atoms with van der Waals surface area (Å²) in [4.78, 5) is 27.6. The fourth-order valence-corrected chi connectivity index (χ4v) is 4.02. The molecule has 1 atom stereocenters. The molecule has 2 aromatic rings. The lowest BCUT2D eigenvalue weighted by molar-refractivity contribution is -0.140. The number of carbonyl (C=O) groups excluding carboxylic acids is 2. The number of nitrogens with zero attached hydrogens (tertiary/aromatic N) is 1. The van der Waals surface area contributed by atoms with Gasteiger partial charge in [-0.2, -0.15) is 0 Å². The fourth-order valence-electron chi connectivity index (χ4n) is 4.02. The molecule has 6 nitrogen and oxygen atoms in total. The van der Waals surface area contributed by atoms with Crippen molar-refractivity contribution in [3.8, 4) is 5.75 Å². The molecule has 6 heteroatoms. The van der Waals surface area contributed by atoms with Gasteiger partial charge in [0.15, 0.2) is 0 Å². The zero-order chi connectivity index (χ0) is 24.9. The van der Waals surface area contributed by atoms with Crippen molar-refractivity contribution in [1.29, 1.82) is 0 Å². The molecule has 0 radical (unpaired) electrons. The number of hydrogen-bond donors (Lipinski definition) is 1. The summed E-state index contributed by atoms with van der Waals surface area (Å²) in [7, 11) is 1.60. The third-order valence-electron chi connectivity index (χ3n) is 5.88. The van der Waals surface area contributed by atoms with E-state index in [1.54, 1.807) is 37.5 Å². The molecule has 0 saturated carbocycles. The zero-order valence-electron chi connectivity index (χ0n) is 20.3. The van der Waals surface area contributed by atoms with Crippen LogP contribution in [-0.4, -0.2) is 48.6 Å². The van der Waals surface area contributed by atoms with E-state index in [9.17, 15) is 14.7 Å². The smallest absolute Gasteiger partial charge is 0.295 e. The minimum atomic E-state index is -0.688. The van der Waals surface area contributed by atoms with Crippen LogP contribution in [0.1, 0.15) is 49.9 Å². The molecule has 180 valence electrons. The lowest BCUT2D eigenvalue weighted by Crippen LogP contribution is -2.31. The van der Waals surface area contributed by atoms with Gasteiger partial charge in [0.2, 0.25) is 0 Å². The minimum Gasteiger partial charge on any atom is -0.507 e. The SMILES string of the molecule is C=CCOc1ccc(C(O)=C2C(=O)C(=O)N(CCCOC)C2c2ccc(C(C)(C)C)cc2)cc1. The summed E-state index contributed by atoms with van der Waals surface area (Å²) in [6, 6.07) is 14.0. The normalized spacial score (nSPS) is 17.8. The first kappa shape index (κ1) is 25.2. The van der Waals surface area contributed by atoms with E-state index >= 15 is 0 Å². The van der Waals surface area contributed by atoms with E-state index < -0.39 is 17.7 Å². The lowest BCUT2D eigenvalue weighted by atomic mass is 9.85. The van der Waals surface area contributed by atoms with Crippen molar-refractivity contribution in [3.63, 3.8) is 0 Å². The Hall–Kier alpha value is -3.38. The Morgan fingerprint density at radius 3 is 2.29 bits per heavy atom. The number of amides is 1. The Bertz CT molecular complexity index is 1060. The molecular formula is C28H33NO5. The Morgan fingerprint density at radius 1 is 1.09 bits per heavy atom. The van der Waals surface area contributed by atoms with Crippen LogP contribution in [0.3, 0.4) is 0 Å². The van der Waals surface area contributed by atoms with Crippen molar-refractivity contribution >= 4 is 17.4 Å². The summed E-state index contributed by atoms with van der Waals surface area (Å²) >= 11 is 0. The number of Topliss-reactive ketones (excluding diaryl/α,β-unsaturated/α-hetero) is 1. The van der Waals surface area contributed by atoms with Crippen LogP contribution in [0.2, 0.25) is 0 Å². The molecule has 1 amide bonds. The second kappa shape index (κ2) is 10.7. The number of methoxy groups -OCH3 is 1. The van der Waals surface area contributed by atoms with E-state index in [1.165, 1.54) is 4.90 Å². The van der Waals surface area contributed by atoms with Crippen molar-refractivity contribution in [2.45, 2.75) is 38.6 Å². The number of ether oxygens (including phenoxy) is 2. The molecule has 0 spiro atoms. The van der Waals surface area contributed by atoms with E-state index in [-0.39, 0.29) is 16.7 Å². The third-order valence-corrected chi connectivity index (χ3v) is 5.88. The molecule has 0 aliphatic carbocycles. The van der Waals surface area contributed by atoms with Gasteiger partial charge in [-0.1, -0.05) is 57.7 Å². The van der Waals surface area contributed by atoms with Crippen molar-refractivity contribution in [1.82, 2.24) is 4.90 Å². The number of hydrogen-bond acceptors (Lipinski definition) is 5. The highest BCUT2D eigenvalue weighted by Gasteiger charge is 2.45. The standard InChI is InChI=1S/C28H33NO5/c1-6-17-34-22-14-10-20(11-15-22)25(30)23-24(19-8-12-21(13-9-19)28(2,3)4)29(16-7-18-33-5)27(32)26(23)31/h6,8-15,24,30H,1,7,16-18H2,2-5H3. The highest BCUT2D eigenvalue weighted by Crippen LogP contribution is 2.40. The number of likely N-dealkylation sites (tertiary alicyclic amines) is 1. The Labute approximate surface area is 201 Å². The summed E-state index contributed by atoms with van der Waals surface area (Å²) < 4.78 is 10.6. The molecule has 1 saturated heterocycles.